The molecule has 4 rings (SSSR count). The van der Waals surface area contributed by atoms with Gasteiger partial charge in [0, 0.05) is 12.2 Å². The van der Waals surface area contributed by atoms with Gasteiger partial charge < -0.3 is 0 Å². The number of hydrogen-bond donors (Lipinski definition) is 0. The van der Waals surface area contributed by atoms with Crippen LogP contribution in [0.2, 0.25) is 0 Å². The molecule has 1 amide bonds. The van der Waals surface area contributed by atoms with Crippen LogP contribution in [0.25, 0.3) is 10.2 Å². The van der Waals surface area contributed by atoms with E-state index in [4.69, 9.17) is 4.98 Å². The van der Waals surface area contributed by atoms with Gasteiger partial charge in [0.05, 0.1) is 28.0 Å². The van der Waals surface area contributed by atoms with Gasteiger partial charge in [0.25, 0.3) is 0 Å². The summed E-state index contributed by atoms with van der Waals surface area (Å²) in [6.45, 7) is 8.47. The standard InChI is InChI=1S/C24H26N4OS/c1-16(2)18-9-11-20(12-10-18)28(24-25-21-7-5-6-8-22(21)30-24)23(29)15-19-13-14-27(26-19)17(3)4/h5-14,16-17H,15H2,1-4H3. The van der Waals surface area contributed by atoms with Crippen molar-refractivity contribution in [2.45, 2.75) is 46.1 Å². The summed E-state index contributed by atoms with van der Waals surface area (Å²) in [4.78, 5) is 19.9. The lowest BCUT2D eigenvalue weighted by molar-refractivity contribution is -0.117. The van der Waals surface area contributed by atoms with Crippen molar-refractivity contribution < 1.29 is 4.79 Å². The molecule has 0 radical (unpaired) electrons. The Labute approximate surface area is 181 Å². The lowest BCUT2D eigenvalue weighted by Crippen LogP contribution is -2.27. The summed E-state index contributed by atoms with van der Waals surface area (Å²) in [6.07, 6.45) is 2.15. The second-order valence-electron chi connectivity index (χ2n) is 8.00. The van der Waals surface area contributed by atoms with Crippen LogP contribution in [0.3, 0.4) is 0 Å². The number of carbonyl (C=O) groups is 1. The smallest absolute Gasteiger partial charge is 0.239 e. The molecule has 0 spiro atoms. The Balaban J connectivity index is 1.71. The van der Waals surface area contributed by atoms with Crippen molar-refractivity contribution in [3.63, 3.8) is 0 Å². The van der Waals surface area contributed by atoms with Gasteiger partial charge in [-0.25, -0.2) is 4.98 Å². The van der Waals surface area contributed by atoms with Gasteiger partial charge in [0.2, 0.25) is 5.91 Å². The number of hydrogen-bond acceptors (Lipinski definition) is 4. The van der Waals surface area contributed by atoms with E-state index in [0.29, 0.717) is 11.0 Å². The van der Waals surface area contributed by atoms with Crippen LogP contribution in [0.15, 0.2) is 60.8 Å². The molecule has 0 aliphatic heterocycles. The Morgan fingerprint density at radius 1 is 1.03 bits per heavy atom. The van der Waals surface area contributed by atoms with Gasteiger partial charge in [-0.2, -0.15) is 5.10 Å². The Morgan fingerprint density at radius 2 is 1.77 bits per heavy atom. The molecule has 0 atom stereocenters. The molecule has 0 aliphatic carbocycles. The first kappa shape index (κ1) is 20.3. The highest BCUT2D eigenvalue weighted by Gasteiger charge is 2.23. The van der Waals surface area contributed by atoms with Crippen molar-refractivity contribution >= 4 is 38.3 Å². The number of para-hydroxylation sites is 1. The fraction of sp³-hybridized carbons (Fsp3) is 0.292. The Hall–Kier alpha value is -2.99. The molecule has 0 saturated heterocycles. The molecule has 5 nitrogen and oxygen atoms in total. The number of rotatable bonds is 6. The average molecular weight is 419 g/mol. The van der Waals surface area contributed by atoms with Crippen molar-refractivity contribution in [2.75, 3.05) is 4.90 Å². The molecular formula is C24H26N4OS. The number of amides is 1. The minimum Gasteiger partial charge on any atom is -0.274 e. The Morgan fingerprint density at radius 3 is 2.40 bits per heavy atom. The second kappa shape index (κ2) is 8.40. The molecule has 30 heavy (non-hydrogen) atoms. The Bertz CT molecular complexity index is 1120. The summed E-state index contributed by atoms with van der Waals surface area (Å²) in [7, 11) is 0. The maximum atomic E-state index is 13.4. The molecule has 4 aromatic rings. The zero-order chi connectivity index (χ0) is 21.3. The summed E-state index contributed by atoms with van der Waals surface area (Å²) in [5.41, 5.74) is 3.73. The molecule has 0 unspecified atom stereocenters. The number of carbonyl (C=O) groups excluding carboxylic acids is 1. The molecule has 2 aromatic carbocycles. The highest BCUT2D eigenvalue weighted by molar-refractivity contribution is 7.22. The highest BCUT2D eigenvalue weighted by Crippen LogP contribution is 2.34. The third-order valence-corrected chi connectivity index (χ3v) is 6.09. The molecule has 0 bridgehead atoms. The topological polar surface area (TPSA) is 51.0 Å². The van der Waals surface area contributed by atoms with E-state index in [0.717, 1.165) is 21.6 Å². The number of anilines is 2. The quantitative estimate of drug-likeness (QED) is 0.380. The monoisotopic (exact) mass is 418 g/mol. The minimum absolute atomic E-state index is 0.0413. The first-order valence-electron chi connectivity index (χ1n) is 10.2. The number of aromatic nitrogens is 3. The lowest BCUT2D eigenvalue weighted by Gasteiger charge is -2.20. The molecule has 154 valence electrons. The van der Waals surface area contributed by atoms with Crippen LogP contribution in [0.5, 0.6) is 0 Å². The predicted octanol–water partition coefficient (Wildman–Crippen LogP) is 6.10. The van der Waals surface area contributed by atoms with Gasteiger partial charge in [0.15, 0.2) is 5.13 Å². The first-order valence-corrected chi connectivity index (χ1v) is 11.1. The van der Waals surface area contributed by atoms with Crippen LogP contribution in [0.4, 0.5) is 10.8 Å². The molecule has 0 fully saturated rings. The van der Waals surface area contributed by atoms with Gasteiger partial charge >= 0.3 is 0 Å². The summed E-state index contributed by atoms with van der Waals surface area (Å²) in [5, 5.41) is 5.23. The van der Waals surface area contributed by atoms with E-state index in [1.165, 1.54) is 16.9 Å². The zero-order valence-electron chi connectivity index (χ0n) is 17.7. The molecular weight excluding hydrogens is 392 g/mol. The van der Waals surface area contributed by atoms with Crippen molar-refractivity contribution in [1.29, 1.82) is 0 Å². The Kier molecular flexibility index (Phi) is 5.68. The molecule has 0 saturated carbocycles. The van der Waals surface area contributed by atoms with Crippen LogP contribution >= 0.6 is 11.3 Å². The van der Waals surface area contributed by atoms with E-state index in [2.05, 4.69) is 44.9 Å². The SMILES string of the molecule is CC(C)c1ccc(N(C(=O)Cc2ccn(C(C)C)n2)c2nc3ccccc3s2)cc1. The summed E-state index contributed by atoms with van der Waals surface area (Å²) in [5.74, 6) is 0.394. The average Bonchev–Trinajstić information content (AvgIpc) is 3.35. The normalized spacial score (nSPS) is 11.5. The van der Waals surface area contributed by atoms with Crippen molar-refractivity contribution in [1.82, 2.24) is 14.8 Å². The van der Waals surface area contributed by atoms with Crippen LogP contribution < -0.4 is 4.90 Å². The first-order chi connectivity index (χ1) is 14.4. The van der Waals surface area contributed by atoms with Crippen LogP contribution in [-0.2, 0) is 11.2 Å². The maximum absolute atomic E-state index is 13.4. The highest BCUT2D eigenvalue weighted by atomic mass is 32.1. The maximum Gasteiger partial charge on any atom is 0.239 e. The van der Waals surface area contributed by atoms with Gasteiger partial charge in [-0.05, 0) is 55.7 Å². The largest absolute Gasteiger partial charge is 0.274 e. The zero-order valence-corrected chi connectivity index (χ0v) is 18.6. The predicted molar refractivity (Wildman–Crippen MR) is 124 cm³/mol. The molecule has 0 N–H and O–H groups in total. The van der Waals surface area contributed by atoms with E-state index in [-0.39, 0.29) is 18.4 Å². The summed E-state index contributed by atoms with van der Waals surface area (Å²) >= 11 is 1.53. The van der Waals surface area contributed by atoms with E-state index in [1.54, 1.807) is 4.90 Å². The van der Waals surface area contributed by atoms with Gasteiger partial charge in [-0.1, -0.05) is 49.4 Å². The fourth-order valence-electron chi connectivity index (χ4n) is 3.32. The third kappa shape index (κ3) is 4.14. The molecule has 6 heteroatoms. The number of fused-ring (bicyclic) bond motifs is 1. The van der Waals surface area contributed by atoms with Crippen molar-refractivity contribution in [3.8, 4) is 0 Å². The van der Waals surface area contributed by atoms with Crippen molar-refractivity contribution in [2.24, 2.45) is 0 Å². The van der Waals surface area contributed by atoms with Crippen molar-refractivity contribution in [3.05, 3.63) is 72.1 Å². The van der Waals surface area contributed by atoms with E-state index >= 15 is 0 Å². The molecule has 2 heterocycles. The summed E-state index contributed by atoms with van der Waals surface area (Å²) in [6, 6.07) is 18.3. The van der Waals surface area contributed by atoms with Gasteiger partial charge in [0.1, 0.15) is 0 Å². The van der Waals surface area contributed by atoms with Gasteiger partial charge in [-0.15, -0.1) is 0 Å². The van der Waals surface area contributed by atoms with Crippen LogP contribution in [0, 0.1) is 0 Å². The fourth-order valence-corrected chi connectivity index (χ4v) is 4.32. The molecule has 2 aromatic heterocycles. The third-order valence-electron chi connectivity index (χ3n) is 5.07. The minimum atomic E-state index is -0.0413. The second-order valence-corrected chi connectivity index (χ2v) is 9.01. The molecule has 0 aliphatic rings. The summed E-state index contributed by atoms with van der Waals surface area (Å²) < 4.78 is 2.94. The lowest BCUT2D eigenvalue weighted by atomic mass is 10.0. The van der Waals surface area contributed by atoms with Gasteiger partial charge in [-0.3, -0.25) is 14.4 Å². The van der Waals surface area contributed by atoms with E-state index in [9.17, 15) is 4.79 Å². The van der Waals surface area contributed by atoms with E-state index in [1.807, 2.05) is 53.3 Å². The number of nitrogens with zero attached hydrogens (tertiary/aromatic N) is 4. The van der Waals surface area contributed by atoms with Crippen LogP contribution in [0.1, 0.15) is 50.9 Å². The number of benzene rings is 2. The van der Waals surface area contributed by atoms with Crippen LogP contribution in [-0.4, -0.2) is 20.7 Å². The van der Waals surface area contributed by atoms with E-state index < -0.39 is 0 Å². The number of thiazole rings is 1.